The second kappa shape index (κ2) is 19.7. The molecule has 0 aromatic rings. The standard InChI is InChI=1S/C23H32O4.2C4H10/c1-9-13-17-19(16-12-4)27-21(25)23(7,8)22(5,6)20(24)26-18(14-10-2)15-11-3;2*1-4(2)3/h10-17H,2,4,9H2,1,3,5-8H3;2*4H,1-3H3/b15-11-,17-13-,18-14+,19-16+;;. The second-order valence-corrected chi connectivity index (χ2v) is 10.4. The van der Waals surface area contributed by atoms with Crippen LogP contribution in [0.5, 0.6) is 0 Å². The summed E-state index contributed by atoms with van der Waals surface area (Å²) in [7, 11) is 0. The lowest BCUT2D eigenvalue weighted by molar-refractivity contribution is -0.170. The first kappa shape index (κ1) is 36.9. The van der Waals surface area contributed by atoms with E-state index < -0.39 is 22.8 Å². The summed E-state index contributed by atoms with van der Waals surface area (Å²) in [4.78, 5) is 25.6. The summed E-state index contributed by atoms with van der Waals surface area (Å²) < 4.78 is 11.0. The highest BCUT2D eigenvalue weighted by atomic mass is 16.5. The van der Waals surface area contributed by atoms with E-state index in [2.05, 4.69) is 54.7 Å². The van der Waals surface area contributed by atoms with Crippen molar-refractivity contribution in [1.29, 1.82) is 0 Å². The van der Waals surface area contributed by atoms with Gasteiger partial charge in [-0.1, -0.05) is 85.9 Å². The molecule has 0 aromatic heterocycles. The lowest BCUT2D eigenvalue weighted by Crippen LogP contribution is -2.46. The van der Waals surface area contributed by atoms with Crippen molar-refractivity contribution in [1.82, 2.24) is 0 Å². The summed E-state index contributed by atoms with van der Waals surface area (Å²) in [6.07, 6.45) is 14.0. The first-order valence-corrected chi connectivity index (χ1v) is 12.4. The number of rotatable bonds is 10. The highest BCUT2D eigenvalue weighted by molar-refractivity contribution is 5.88. The summed E-state index contributed by atoms with van der Waals surface area (Å²) in [5.74, 6) is 1.33. The van der Waals surface area contributed by atoms with Crippen LogP contribution in [0.4, 0.5) is 0 Å². The van der Waals surface area contributed by atoms with Gasteiger partial charge < -0.3 is 9.47 Å². The first-order valence-electron chi connectivity index (χ1n) is 12.4. The highest BCUT2D eigenvalue weighted by Crippen LogP contribution is 2.41. The number of carbonyl (C=O) groups excluding carboxylic acids is 2. The minimum Gasteiger partial charge on any atom is -0.426 e. The van der Waals surface area contributed by atoms with Gasteiger partial charge in [-0.3, -0.25) is 9.59 Å². The molecule has 4 nitrogen and oxygen atoms in total. The maximum Gasteiger partial charge on any atom is 0.318 e. The summed E-state index contributed by atoms with van der Waals surface area (Å²) in [5, 5.41) is 0. The molecule has 4 heteroatoms. The van der Waals surface area contributed by atoms with Crippen molar-refractivity contribution in [3.63, 3.8) is 0 Å². The van der Waals surface area contributed by atoms with Gasteiger partial charge in [-0.25, -0.2) is 0 Å². The molecule has 0 saturated carbocycles. The van der Waals surface area contributed by atoms with E-state index in [9.17, 15) is 9.59 Å². The van der Waals surface area contributed by atoms with Crippen LogP contribution in [-0.4, -0.2) is 11.9 Å². The molecular weight excluding hydrogens is 436 g/mol. The number of ether oxygens (including phenoxy) is 2. The maximum absolute atomic E-state index is 12.8. The topological polar surface area (TPSA) is 52.6 Å². The van der Waals surface area contributed by atoms with Crippen molar-refractivity contribution >= 4 is 11.9 Å². The Hall–Kier alpha value is -2.62. The van der Waals surface area contributed by atoms with Crippen LogP contribution in [-0.2, 0) is 19.1 Å². The molecular formula is C31H52O4. The van der Waals surface area contributed by atoms with Gasteiger partial charge in [0.15, 0.2) is 0 Å². The molecule has 0 heterocycles. The third-order valence-electron chi connectivity index (χ3n) is 4.42. The second-order valence-electron chi connectivity index (χ2n) is 10.4. The SMILES string of the molecule is C=C/C=C(\C=C/C)OC(=O)C(C)(C)C(C)(C)C(=O)OC(/C=C\CC)=C/C=C.CC(C)C.CC(C)C. The molecule has 0 bridgehead atoms. The van der Waals surface area contributed by atoms with Crippen LogP contribution < -0.4 is 0 Å². The van der Waals surface area contributed by atoms with Gasteiger partial charge in [-0.05, 0) is 77.2 Å². The Kier molecular flexibility index (Phi) is 20.8. The van der Waals surface area contributed by atoms with Crippen LogP contribution in [0.15, 0.2) is 73.3 Å². The molecule has 0 fully saturated rings. The normalized spacial score (nSPS) is 12.6. The third kappa shape index (κ3) is 17.5. The molecule has 0 radical (unpaired) electrons. The molecule has 0 aliphatic heterocycles. The monoisotopic (exact) mass is 488 g/mol. The summed E-state index contributed by atoms with van der Waals surface area (Å²) >= 11 is 0. The minimum atomic E-state index is -1.14. The minimum absolute atomic E-state index is 0.355. The van der Waals surface area contributed by atoms with E-state index in [0.29, 0.717) is 11.5 Å². The fourth-order valence-corrected chi connectivity index (χ4v) is 1.86. The molecule has 0 aliphatic carbocycles. The van der Waals surface area contributed by atoms with Gasteiger partial charge in [0.25, 0.3) is 0 Å². The van der Waals surface area contributed by atoms with Crippen molar-refractivity contribution in [3.05, 3.63) is 73.3 Å². The van der Waals surface area contributed by atoms with Gasteiger partial charge >= 0.3 is 11.9 Å². The van der Waals surface area contributed by atoms with Gasteiger partial charge in [-0.2, -0.15) is 0 Å². The zero-order chi connectivity index (χ0) is 28.2. The van der Waals surface area contributed by atoms with E-state index in [-0.39, 0.29) is 0 Å². The summed E-state index contributed by atoms with van der Waals surface area (Å²) in [6, 6.07) is 0. The van der Waals surface area contributed by atoms with Gasteiger partial charge in [0, 0.05) is 0 Å². The Balaban J connectivity index is -0.00000110. The van der Waals surface area contributed by atoms with E-state index >= 15 is 0 Å². The number of hydrogen-bond acceptors (Lipinski definition) is 4. The van der Waals surface area contributed by atoms with E-state index in [1.165, 1.54) is 6.08 Å². The summed E-state index contributed by atoms with van der Waals surface area (Å²) in [5.41, 5.74) is -2.28. The maximum atomic E-state index is 12.8. The third-order valence-corrected chi connectivity index (χ3v) is 4.42. The Bertz CT molecular complexity index is 745. The van der Waals surface area contributed by atoms with Gasteiger partial charge in [0.05, 0.1) is 10.8 Å². The quantitative estimate of drug-likeness (QED) is 0.175. The summed E-state index contributed by atoms with van der Waals surface area (Å²) in [6.45, 7) is 30.7. The Labute approximate surface area is 216 Å². The molecule has 0 aliphatic rings. The van der Waals surface area contributed by atoms with Crippen molar-refractivity contribution in [2.75, 3.05) is 0 Å². The number of esters is 2. The predicted molar refractivity (Wildman–Crippen MR) is 152 cm³/mol. The Morgan fingerprint density at radius 3 is 1.31 bits per heavy atom. The fourth-order valence-electron chi connectivity index (χ4n) is 1.86. The number of allylic oxidation sites excluding steroid dienone is 8. The van der Waals surface area contributed by atoms with E-state index in [1.54, 1.807) is 64.2 Å². The molecule has 0 N–H and O–H groups in total. The lowest BCUT2D eigenvalue weighted by Gasteiger charge is -2.37. The van der Waals surface area contributed by atoms with Crippen molar-refractivity contribution in [2.45, 2.75) is 89.5 Å². The van der Waals surface area contributed by atoms with Crippen LogP contribution in [0.3, 0.4) is 0 Å². The van der Waals surface area contributed by atoms with Gasteiger partial charge in [0.1, 0.15) is 11.5 Å². The molecule has 0 rings (SSSR count). The largest absolute Gasteiger partial charge is 0.426 e. The highest BCUT2D eigenvalue weighted by Gasteiger charge is 2.51. The van der Waals surface area contributed by atoms with Crippen molar-refractivity contribution in [3.8, 4) is 0 Å². The molecule has 0 amide bonds. The van der Waals surface area contributed by atoms with E-state index in [4.69, 9.17) is 9.47 Å². The smallest absolute Gasteiger partial charge is 0.318 e. The van der Waals surface area contributed by atoms with E-state index in [0.717, 1.165) is 18.3 Å². The number of hydrogen-bond donors (Lipinski definition) is 0. The predicted octanol–water partition coefficient (Wildman–Crippen LogP) is 9.13. The Morgan fingerprint density at radius 2 is 1.06 bits per heavy atom. The fraction of sp³-hybridized carbons (Fsp3) is 0.548. The zero-order valence-corrected chi connectivity index (χ0v) is 24.5. The number of carbonyl (C=O) groups is 2. The molecule has 0 atom stereocenters. The average molecular weight is 489 g/mol. The van der Waals surface area contributed by atoms with Gasteiger partial charge in [-0.15, -0.1) is 0 Å². The molecule has 200 valence electrons. The van der Waals surface area contributed by atoms with Crippen molar-refractivity contribution < 1.29 is 19.1 Å². The van der Waals surface area contributed by atoms with Crippen molar-refractivity contribution in [2.24, 2.45) is 22.7 Å². The average Bonchev–Trinajstić information content (AvgIpc) is 2.71. The van der Waals surface area contributed by atoms with Crippen LogP contribution in [0.25, 0.3) is 0 Å². The molecule has 35 heavy (non-hydrogen) atoms. The van der Waals surface area contributed by atoms with Crippen LogP contribution in [0, 0.1) is 22.7 Å². The molecule has 0 spiro atoms. The van der Waals surface area contributed by atoms with E-state index in [1.807, 2.05) is 19.9 Å². The molecule has 0 aromatic carbocycles. The van der Waals surface area contributed by atoms with Crippen LogP contribution in [0.1, 0.15) is 89.5 Å². The van der Waals surface area contributed by atoms with Crippen LogP contribution >= 0.6 is 0 Å². The lowest BCUT2D eigenvalue weighted by atomic mass is 9.68. The van der Waals surface area contributed by atoms with Crippen LogP contribution in [0.2, 0.25) is 0 Å². The first-order chi connectivity index (χ1) is 16.0. The zero-order valence-electron chi connectivity index (χ0n) is 24.5. The Morgan fingerprint density at radius 1 is 0.743 bits per heavy atom. The molecule has 0 unspecified atom stereocenters. The molecule has 0 saturated heterocycles. The van der Waals surface area contributed by atoms with Gasteiger partial charge in [0.2, 0.25) is 0 Å².